The molecule has 0 aromatic carbocycles. The molecule has 0 rings (SSSR count). The summed E-state index contributed by atoms with van der Waals surface area (Å²) in [6.07, 6.45) is 71.5. The van der Waals surface area contributed by atoms with Crippen molar-refractivity contribution in [3.63, 3.8) is 0 Å². The van der Waals surface area contributed by atoms with Crippen LogP contribution < -0.4 is 0 Å². The first-order chi connectivity index (χ1) is 35.5. The van der Waals surface area contributed by atoms with Gasteiger partial charge in [-0.3, -0.25) is 14.4 Å². The summed E-state index contributed by atoms with van der Waals surface area (Å²) in [5.74, 6) is -0.836. The molecule has 0 amide bonds. The minimum Gasteiger partial charge on any atom is -0.462 e. The van der Waals surface area contributed by atoms with Gasteiger partial charge in [0, 0.05) is 19.3 Å². The fraction of sp³-hybridized carbons (Fsp3) is 0.955. The van der Waals surface area contributed by atoms with Crippen molar-refractivity contribution in [2.45, 2.75) is 393 Å². The molecule has 0 saturated heterocycles. The van der Waals surface area contributed by atoms with Gasteiger partial charge in [-0.15, -0.1) is 0 Å². The van der Waals surface area contributed by atoms with Crippen molar-refractivity contribution < 1.29 is 28.6 Å². The second-order valence-corrected chi connectivity index (χ2v) is 22.8. The van der Waals surface area contributed by atoms with Gasteiger partial charge in [-0.1, -0.05) is 348 Å². The van der Waals surface area contributed by atoms with E-state index in [4.69, 9.17) is 14.2 Å². The number of unbranched alkanes of at least 4 members (excludes halogenated alkanes) is 51. The first-order valence-corrected chi connectivity index (χ1v) is 33.0. The summed E-state index contributed by atoms with van der Waals surface area (Å²) < 4.78 is 16.9. The first-order valence-electron chi connectivity index (χ1n) is 33.0. The molecule has 0 aliphatic rings. The predicted octanol–water partition coefficient (Wildman–Crippen LogP) is 22.3. The van der Waals surface area contributed by atoms with Gasteiger partial charge < -0.3 is 14.2 Å². The Bertz CT molecular complexity index is 1080. The fourth-order valence-corrected chi connectivity index (χ4v) is 10.4. The Labute approximate surface area is 450 Å². The van der Waals surface area contributed by atoms with Crippen molar-refractivity contribution in [1.29, 1.82) is 0 Å². The molecule has 0 fully saturated rings. The molecule has 1 atom stereocenters. The summed E-state index contributed by atoms with van der Waals surface area (Å²) >= 11 is 0. The summed E-state index contributed by atoms with van der Waals surface area (Å²) in [7, 11) is 0. The van der Waals surface area contributed by atoms with Crippen LogP contribution in [0.15, 0.2) is 0 Å². The standard InChI is InChI=1S/C66H128O6/c1-4-7-10-13-16-18-20-22-24-26-28-30-31-32-33-34-35-36-38-39-41-43-45-47-50-53-56-59-65(68)71-62-63(61-70-64(67)58-55-52-49-15-12-9-6-3)72-66(69)60-57-54-51-48-46-44-42-40-37-29-27-25-23-21-19-17-14-11-8-5-2/h63H,4-62H2,1-3H3. The molecular weight excluding hydrogens is 889 g/mol. The van der Waals surface area contributed by atoms with E-state index in [1.165, 1.54) is 289 Å². The van der Waals surface area contributed by atoms with E-state index in [1.54, 1.807) is 0 Å². The molecule has 6 nitrogen and oxygen atoms in total. The lowest BCUT2D eigenvalue weighted by Crippen LogP contribution is -2.30. The molecule has 0 spiro atoms. The third kappa shape index (κ3) is 59.3. The van der Waals surface area contributed by atoms with Crippen LogP contribution in [0, 0.1) is 0 Å². The van der Waals surface area contributed by atoms with Gasteiger partial charge in [-0.25, -0.2) is 0 Å². The Balaban J connectivity index is 4.01. The van der Waals surface area contributed by atoms with Crippen molar-refractivity contribution in [3.05, 3.63) is 0 Å². The Hall–Kier alpha value is -1.59. The van der Waals surface area contributed by atoms with Gasteiger partial charge in [0.15, 0.2) is 6.10 Å². The van der Waals surface area contributed by atoms with Crippen LogP contribution in [0.25, 0.3) is 0 Å². The largest absolute Gasteiger partial charge is 0.462 e. The zero-order chi connectivity index (χ0) is 52.2. The minimum absolute atomic E-state index is 0.0615. The van der Waals surface area contributed by atoms with E-state index >= 15 is 0 Å². The lowest BCUT2D eigenvalue weighted by molar-refractivity contribution is -0.167. The van der Waals surface area contributed by atoms with E-state index < -0.39 is 6.10 Å². The van der Waals surface area contributed by atoms with Crippen molar-refractivity contribution in [3.8, 4) is 0 Å². The molecule has 0 radical (unpaired) electrons. The van der Waals surface area contributed by atoms with E-state index in [1.807, 2.05) is 0 Å². The van der Waals surface area contributed by atoms with Gasteiger partial charge in [-0.2, -0.15) is 0 Å². The molecule has 0 aromatic rings. The second-order valence-electron chi connectivity index (χ2n) is 22.8. The van der Waals surface area contributed by atoms with Gasteiger partial charge in [0.25, 0.3) is 0 Å². The second kappa shape index (κ2) is 62.0. The number of ether oxygens (including phenoxy) is 3. The molecule has 0 bridgehead atoms. The zero-order valence-corrected chi connectivity index (χ0v) is 49.2. The van der Waals surface area contributed by atoms with Gasteiger partial charge in [0.2, 0.25) is 0 Å². The van der Waals surface area contributed by atoms with Crippen molar-refractivity contribution in [2.75, 3.05) is 13.2 Å². The van der Waals surface area contributed by atoms with Crippen molar-refractivity contribution in [1.82, 2.24) is 0 Å². The SMILES string of the molecule is CCCCCCCCCCCCCCCCCCCCCCCCCCCCCC(=O)OCC(COC(=O)CCCCCCCCC)OC(=O)CCCCCCCCCCCCCCCCCCCCCC. The maximum Gasteiger partial charge on any atom is 0.306 e. The number of carbonyl (C=O) groups excluding carboxylic acids is 3. The third-order valence-corrected chi connectivity index (χ3v) is 15.4. The topological polar surface area (TPSA) is 78.9 Å². The lowest BCUT2D eigenvalue weighted by Gasteiger charge is -2.18. The third-order valence-electron chi connectivity index (χ3n) is 15.4. The maximum absolute atomic E-state index is 12.9. The number of carbonyl (C=O) groups is 3. The minimum atomic E-state index is -0.761. The highest BCUT2D eigenvalue weighted by molar-refractivity contribution is 5.71. The molecule has 6 heteroatoms. The summed E-state index contributed by atoms with van der Waals surface area (Å²) in [6.45, 7) is 6.68. The molecule has 0 heterocycles. The van der Waals surface area contributed by atoms with Gasteiger partial charge in [0.1, 0.15) is 13.2 Å². The Morgan fingerprint density at radius 3 is 0.556 bits per heavy atom. The van der Waals surface area contributed by atoms with E-state index in [2.05, 4.69) is 20.8 Å². The monoisotopic (exact) mass is 1020 g/mol. The van der Waals surface area contributed by atoms with Gasteiger partial charge in [-0.05, 0) is 19.3 Å². The molecule has 0 N–H and O–H groups in total. The predicted molar refractivity (Wildman–Crippen MR) is 312 cm³/mol. The Kier molecular flexibility index (Phi) is 60.6. The average Bonchev–Trinajstić information content (AvgIpc) is 3.38. The van der Waals surface area contributed by atoms with Crippen LogP contribution in [-0.4, -0.2) is 37.2 Å². The number of esters is 3. The lowest BCUT2D eigenvalue weighted by atomic mass is 10.0. The highest BCUT2D eigenvalue weighted by Crippen LogP contribution is 2.19. The van der Waals surface area contributed by atoms with Crippen LogP contribution in [-0.2, 0) is 28.6 Å². The summed E-state index contributed by atoms with van der Waals surface area (Å²) in [5, 5.41) is 0. The molecule has 0 saturated carbocycles. The Morgan fingerprint density at radius 1 is 0.222 bits per heavy atom. The molecular formula is C66H128O6. The summed E-state index contributed by atoms with van der Waals surface area (Å²) in [6, 6.07) is 0. The van der Waals surface area contributed by atoms with Crippen molar-refractivity contribution >= 4 is 17.9 Å². The van der Waals surface area contributed by atoms with Crippen LogP contribution in [0.3, 0.4) is 0 Å². The normalized spacial score (nSPS) is 11.9. The number of hydrogen-bond donors (Lipinski definition) is 0. The molecule has 0 aromatic heterocycles. The highest BCUT2D eigenvalue weighted by atomic mass is 16.6. The Morgan fingerprint density at radius 2 is 0.375 bits per heavy atom. The van der Waals surface area contributed by atoms with Crippen molar-refractivity contribution in [2.24, 2.45) is 0 Å². The average molecular weight is 1020 g/mol. The number of hydrogen-bond acceptors (Lipinski definition) is 6. The smallest absolute Gasteiger partial charge is 0.306 e. The van der Waals surface area contributed by atoms with Gasteiger partial charge in [0.05, 0.1) is 0 Å². The maximum atomic E-state index is 12.9. The van der Waals surface area contributed by atoms with E-state index in [0.29, 0.717) is 19.3 Å². The highest BCUT2D eigenvalue weighted by Gasteiger charge is 2.19. The van der Waals surface area contributed by atoms with Crippen LogP contribution in [0.1, 0.15) is 387 Å². The van der Waals surface area contributed by atoms with Crippen LogP contribution in [0.2, 0.25) is 0 Å². The van der Waals surface area contributed by atoms with Gasteiger partial charge >= 0.3 is 17.9 Å². The molecule has 0 aliphatic heterocycles. The fourth-order valence-electron chi connectivity index (χ4n) is 10.4. The van der Waals surface area contributed by atoms with Crippen LogP contribution in [0.5, 0.6) is 0 Å². The molecule has 0 aliphatic carbocycles. The van der Waals surface area contributed by atoms with E-state index in [0.717, 1.165) is 57.8 Å². The van der Waals surface area contributed by atoms with Crippen LogP contribution >= 0.6 is 0 Å². The van der Waals surface area contributed by atoms with E-state index in [9.17, 15) is 14.4 Å². The summed E-state index contributed by atoms with van der Waals surface area (Å²) in [4.78, 5) is 38.1. The number of rotatable bonds is 62. The molecule has 428 valence electrons. The zero-order valence-electron chi connectivity index (χ0n) is 49.2. The molecule has 1 unspecified atom stereocenters. The summed E-state index contributed by atoms with van der Waals surface area (Å²) in [5.41, 5.74) is 0. The first kappa shape index (κ1) is 70.4. The molecule has 72 heavy (non-hydrogen) atoms. The quantitative estimate of drug-likeness (QED) is 0.0343. The van der Waals surface area contributed by atoms with E-state index in [-0.39, 0.29) is 31.1 Å². The van der Waals surface area contributed by atoms with Crippen LogP contribution in [0.4, 0.5) is 0 Å².